The first-order valence-corrected chi connectivity index (χ1v) is 20.6. The topological polar surface area (TPSA) is 143 Å². The van der Waals surface area contributed by atoms with Gasteiger partial charge < -0.3 is 0 Å². The molecule has 2 atom stereocenters. The predicted octanol–water partition coefficient (Wildman–Crippen LogP) is 5.30. The zero-order valence-corrected chi connectivity index (χ0v) is 29.6. The van der Waals surface area contributed by atoms with Crippen LogP contribution < -0.4 is 0 Å². The van der Waals surface area contributed by atoms with Gasteiger partial charge in [-0.25, -0.2) is 33.7 Å². The minimum absolute atomic E-state index is 0.121. The molecule has 0 heterocycles. The highest BCUT2D eigenvalue weighted by atomic mass is 32.3. The van der Waals surface area contributed by atoms with Crippen molar-refractivity contribution in [3.05, 3.63) is 119 Å². The normalized spacial score (nSPS) is 17.7. The van der Waals surface area contributed by atoms with Crippen molar-refractivity contribution in [3.63, 3.8) is 0 Å². The van der Waals surface area contributed by atoms with E-state index in [1.807, 2.05) is 0 Å². The van der Waals surface area contributed by atoms with E-state index in [9.17, 15) is 33.7 Å². The average Bonchev–Trinajstić information content (AvgIpc) is 3.45. The first kappa shape index (κ1) is 34.9. The van der Waals surface area contributed by atoms with Gasteiger partial charge in [0.1, 0.15) is 0 Å². The molecule has 14 heteroatoms. The molecule has 4 aromatic carbocycles. The van der Waals surface area contributed by atoms with Crippen LogP contribution in [0.4, 0.5) is 0 Å². The molecular weight excluding hydrogens is 681 g/mol. The lowest BCUT2D eigenvalue weighted by atomic mass is 10.2. The van der Waals surface area contributed by atoms with E-state index in [1.165, 1.54) is 97.1 Å². The molecule has 0 spiro atoms. The molecule has 1 fully saturated rings. The molecule has 0 aliphatic heterocycles. The maximum Gasteiger partial charge on any atom is 0.256 e. The highest BCUT2D eigenvalue weighted by molar-refractivity contribution is 8.04. The number of aryl methyl sites for hydroxylation is 4. The SMILES string of the molecule is Cc1ccc(S(=O)(=O)N([C@@H]2CCC[C@H]2N(S(=O)(=O)c2ccc(C)cc2)S(=O)(=O)c2ccc(C)cc2)S(=O)(=O)c2ccc(C)cc2)cc1. The number of rotatable bonds is 10. The van der Waals surface area contributed by atoms with E-state index in [1.54, 1.807) is 27.7 Å². The van der Waals surface area contributed by atoms with Gasteiger partial charge in [0.2, 0.25) is 0 Å². The third-order valence-electron chi connectivity index (χ3n) is 8.21. The van der Waals surface area contributed by atoms with Crippen LogP contribution in [0.5, 0.6) is 0 Å². The molecule has 5 rings (SSSR count). The molecule has 1 saturated carbocycles. The lowest BCUT2D eigenvalue weighted by Gasteiger charge is -2.36. The van der Waals surface area contributed by atoms with Gasteiger partial charge in [-0.1, -0.05) is 84.6 Å². The van der Waals surface area contributed by atoms with Gasteiger partial charge in [-0.05, 0) is 89.1 Å². The number of hydrogen-bond acceptors (Lipinski definition) is 8. The molecule has 4 aromatic rings. The van der Waals surface area contributed by atoms with E-state index in [2.05, 4.69) is 0 Å². The van der Waals surface area contributed by atoms with Crippen LogP contribution in [-0.2, 0) is 40.1 Å². The quantitative estimate of drug-likeness (QED) is 0.215. The molecule has 0 bridgehead atoms. The Balaban J connectivity index is 1.77. The fourth-order valence-electron chi connectivity index (χ4n) is 5.64. The van der Waals surface area contributed by atoms with Crippen LogP contribution >= 0.6 is 0 Å². The molecule has 0 radical (unpaired) electrons. The summed E-state index contributed by atoms with van der Waals surface area (Å²) in [6.07, 6.45) is -0.0869. The van der Waals surface area contributed by atoms with Crippen molar-refractivity contribution in [1.29, 1.82) is 0 Å². The summed E-state index contributed by atoms with van der Waals surface area (Å²) in [5, 5.41) is 0. The lowest BCUT2D eigenvalue weighted by Crippen LogP contribution is -2.55. The van der Waals surface area contributed by atoms with Crippen LogP contribution in [0, 0.1) is 27.7 Å². The van der Waals surface area contributed by atoms with E-state index in [-0.39, 0.29) is 38.8 Å². The molecule has 0 amide bonds. The Morgan fingerprint density at radius 1 is 0.383 bits per heavy atom. The van der Waals surface area contributed by atoms with E-state index in [0.29, 0.717) is 7.42 Å². The van der Waals surface area contributed by atoms with Crippen molar-refractivity contribution in [2.45, 2.75) is 78.6 Å². The summed E-state index contributed by atoms with van der Waals surface area (Å²) in [5.41, 5.74) is 2.93. The van der Waals surface area contributed by atoms with Crippen LogP contribution in [0.3, 0.4) is 0 Å². The second kappa shape index (κ2) is 12.9. The molecule has 0 aromatic heterocycles. The Labute approximate surface area is 277 Å². The first-order valence-electron chi connectivity index (χ1n) is 14.8. The van der Waals surface area contributed by atoms with E-state index >= 15 is 0 Å². The van der Waals surface area contributed by atoms with Crippen LogP contribution in [0.2, 0.25) is 0 Å². The maximum atomic E-state index is 14.4. The van der Waals surface area contributed by atoms with Gasteiger partial charge in [0, 0.05) is 0 Å². The Bertz CT molecular complexity index is 1890. The number of benzene rings is 4. The molecule has 1 aliphatic carbocycles. The summed E-state index contributed by atoms with van der Waals surface area (Å²) < 4.78 is 116. The Kier molecular flexibility index (Phi) is 9.58. The molecule has 10 nitrogen and oxygen atoms in total. The molecule has 0 saturated heterocycles. The van der Waals surface area contributed by atoms with E-state index in [4.69, 9.17) is 0 Å². The third kappa shape index (κ3) is 6.67. The van der Waals surface area contributed by atoms with Gasteiger partial charge in [-0.2, -0.15) is 0 Å². The molecular formula is C33H36N2O8S4. The fourth-order valence-corrected chi connectivity index (χ4v) is 13.9. The van der Waals surface area contributed by atoms with Crippen LogP contribution in [0.25, 0.3) is 0 Å². The minimum Gasteiger partial charge on any atom is -0.206 e. The van der Waals surface area contributed by atoms with Crippen molar-refractivity contribution in [3.8, 4) is 0 Å². The summed E-state index contributed by atoms with van der Waals surface area (Å²) in [5.74, 6) is 0. The van der Waals surface area contributed by atoms with Gasteiger partial charge in [0.25, 0.3) is 40.1 Å². The zero-order chi connectivity index (χ0) is 34.4. The smallest absolute Gasteiger partial charge is 0.206 e. The van der Waals surface area contributed by atoms with E-state index in [0.717, 1.165) is 22.3 Å². The molecule has 0 N–H and O–H groups in total. The summed E-state index contributed by atoms with van der Waals surface area (Å²) in [6.45, 7) is 6.98. The summed E-state index contributed by atoms with van der Waals surface area (Å²) >= 11 is 0. The van der Waals surface area contributed by atoms with Crippen LogP contribution in [0.1, 0.15) is 41.5 Å². The second-order valence-corrected chi connectivity index (χ2v) is 19.5. The van der Waals surface area contributed by atoms with Crippen molar-refractivity contribution in [2.24, 2.45) is 0 Å². The third-order valence-corrected chi connectivity index (χ3v) is 17.0. The highest BCUT2D eigenvalue weighted by Gasteiger charge is 2.54. The lowest BCUT2D eigenvalue weighted by molar-refractivity contribution is 0.323. The summed E-state index contributed by atoms with van der Waals surface area (Å²) in [7, 11) is -19.5. The van der Waals surface area contributed by atoms with Crippen molar-refractivity contribution < 1.29 is 33.7 Å². The average molecular weight is 717 g/mol. The summed E-state index contributed by atoms with van der Waals surface area (Å²) in [4.78, 5) is -1.34. The number of sulfonamides is 4. The van der Waals surface area contributed by atoms with Crippen molar-refractivity contribution in [2.75, 3.05) is 0 Å². The van der Waals surface area contributed by atoms with Gasteiger partial charge >= 0.3 is 0 Å². The highest BCUT2D eigenvalue weighted by Crippen LogP contribution is 2.41. The second-order valence-electron chi connectivity index (χ2n) is 11.8. The molecule has 1 aliphatic rings. The predicted molar refractivity (Wildman–Crippen MR) is 179 cm³/mol. The monoisotopic (exact) mass is 716 g/mol. The molecule has 0 unspecified atom stereocenters. The Hall–Kier alpha value is -3.40. The van der Waals surface area contributed by atoms with Crippen LogP contribution in [-0.4, -0.2) is 53.2 Å². The van der Waals surface area contributed by atoms with Gasteiger partial charge in [-0.15, -0.1) is 0 Å². The van der Waals surface area contributed by atoms with Crippen molar-refractivity contribution in [1.82, 2.24) is 7.42 Å². The number of nitrogens with zero attached hydrogens (tertiary/aromatic N) is 2. The van der Waals surface area contributed by atoms with Crippen LogP contribution in [0.15, 0.2) is 117 Å². The van der Waals surface area contributed by atoms with Gasteiger partial charge in [-0.3, -0.25) is 0 Å². The fraction of sp³-hybridized carbons (Fsp3) is 0.273. The Morgan fingerprint density at radius 3 is 0.766 bits per heavy atom. The largest absolute Gasteiger partial charge is 0.256 e. The van der Waals surface area contributed by atoms with Gasteiger partial charge in [0.05, 0.1) is 31.7 Å². The first-order chi connectivity index (χ1) is 22.0. The minimum atomic E-state index is -4.89. The maximum absolute atomic E-state index is 14.4. The molecule has 250 valence electrons. The van der Waals surface area contributed by atoms with E-state index < -0.39 is 52.2 Å². The standard InChI is InChI=1S/C33H36N2O8S4/c1-24-8-16-28(17-9-24)44(36,37)34(45(38,39)29-18-10-25(2)11-19-29)32-6-5-7-33(32)35(46(40,41)30-20-12-26(3)13-21-30)47(42,43)31-22-14-27(4)15-23-31/h8-23,32-33H,5-7H2,1-4H3/t32-,33-/m1/s1. The Morgan fingerprint density at radius 2 is 0.574 bits per heavy atom. The van der Waals surface area contributed by atoms with Crippen molar-refractivity contribution >= 4 is 40.1 Å². The number of hydrogen-bond donors (Lipinski definition) is 0. The zero-order valence-electron chi connectivity index (χ0n) is 26.3. The summed E-state index contributed by atoms with van der Waals surface area (Å²) in [6, 6.07) is 19.1. The molecule has 47 heavy (non-hydrogen) atoms. The van der Waals surface area contributed by atoms with Gasteiger partial charge in [0.15, 0.2) is 0 Å².